The van der Waals surface area contributed by atoms with Crippen LogP contribution in [0.4, 0.5) is 0 Å². The molecule has 0 aliphatic carbocycles. The summed E-state index contributed by atoms with van der Waals surface area (Å²) in [6.45, 7) is 16.3. The summed E-state index contributed by atoms with van der Waals surface area (Å²) in [6.07, 6.45) is 1.15. The molecule has 0 spiro atoms. The lowest BCUT2D eigenvalue weighted by Crippen LogP contribution is -2.57. The van der Waals surface area contributed by atoms with Gasteiger partial charge in [0.1, 0.15) is 18.4 Å². The summed E-state index contributed by atoms with van der Waals surface area (Å²) >= 11 is 0. The Morgan fingerprint density at radius 3 is 2.03 bits per heavy atom. The highest BCUT2D eigenvalue weighted by atomic mass is 16.5. The first-order chi connectivity index (χ1) is 17.0. The number of rotatable bonds is 13. The highest BCUT2D eigenvalue weighted by Gasteiger charge is 2.30. The molecule has 2 N–H and O–H groups in total. The second-order valence-corrected chi connectivity index (χ2v) is 10.8. The van der Waals surface area contributed by atoms with Gasteiger partial charge in [-0.3, -0.25) is 14.5 Å². The predicted octanol–water partition coefficient (Wildman–Crippen LogP) is 4.96. The summed E-state index contributed by atoms with van der Waals surface area (Å²) in [5.41, 5.74) is 1.66. The van der Waals surface area contributed by atoms with Crippen LogP contribution in [0.5, 0.6) is 5.75 Å². The smallest absolute Gasteiger partial charge is 0.243 e. The molecule has 0 bridgehead atoms. The summed E-state index contributed by atoms with van der Waals surface area (Å²) in [4.78, 5) is 28.8. The van der Waals surface area contributed by atoms with Crippen molar-refractivity contribution in [2.75, 3.05) is 13.1 Å². The van der Waals surface area contributed by atoms with Crippen molar-refractivity contribution in [1.82, 2.24) is 15.5 Å². The standard InChI is InChI=1S/C30H45N3O3/c1-8-33(9-2)27(19-22(3)4)29(35)31-26(28(34)32-30(5,6)7)20-23-15-17-25(18-16-23)36-21-24-13-11-10-12-14-24/h10-18,22,26-27H,8-9,19-21H2,1-7H3,(H,31,35)(H,32,34)/t26-,27+/m0/s1. The second-order valence-electron chi connectivity index (χ2n) is 10.8. The van der Waals surface area contributed by atoms with E-state index in [2.05, 4.69) is 43.2 Å². The molecule has 0 aliphatic rings. The zero-order valence-electron chi connectivity index (χ0n) is 23.1. The van der Waals surface area contributed by atoms with Crippen LogP contribution in [0, 0.1) is 5.92 Å². The maximum atomic E-state index is 13.4. The van der Waals surface area contributed by atoms with E-state index in [9.17, 15) is 9.59 Å². The van der Waals surface area contributed by atoms with Crippen LogP contribution in [-0.4, -0.2) is 47.4 Å². The molecule has 6 heteroatoms. The minimum Gasteiger partial charge on any atom is -0.489 e. The molecule has 0 radical (unpaired) electrons. The Balaban J connectivity index is 2.15. The van der Waals surface area contributed by atoms with E-state index < -0.39 is 11.6 Å². The van der Waals surface area contributed by atoms with Gasteiger partial charge in [0.05, 0.1) is 6.04 Å². The van der Waals surface area contributed by atoms with Crippen molar-refractivity contribution in [3.05, 3.63) is 65.7 Å². The Hall–Kier alpha value is -2.86. The van der Waals surface area contributed by atoms with Gasteiger partial charge in [-0.25, -0.2) is 0 Å². The minimum atomic E-state index is -0.668. The SMILES string of the molecule is CCN(CC)[C@H](CC(C)C)C(=O)N[C@@H](Cc1ccc(OCc2ccccc2)cc1)C(=O)NC(C)(C)C. The molecule has 36 heavy (non-hydrogen) atoms. The van der Waals surface area contributed by atoms with Crippen LogP contribution < -0.4 is 15.4 Å². The van der Waals surface area contributed by atoms with E-state index in [0.29, 0.717) is 18.9 Å². The maximum Gasteiger partial charge on any atom is 0.243 e. The molecule has 2 aromatic rings. The van der Waals surface area contributed by atoms with Gasteiger partial charge in [0, 0.05) is 12.0 Å². The quantitative estimate of drug-likeness (QED) is 0.412. The van der Waals surface area contributed by atoms with Gasteiger partial charge in [0.2, 0.25) is 11.8 Å². The van der Waals surface area contributed by atoms with Crippen LogP contribution in [0.2, 0.25) is 0 Å². The highest BCUT2D eigenvalue weighted by Crippen LogP contribution is 2.17. The molecule has 2 atom stereocenters. The molecule has 2 rings (SSSR count). The fourth-order valence-electron chi connectivity index (χ4n) is 4.17. The number of likely N-dealkylation sites (N-methyl/N-ethyl adjacent to an activating group) is 1. The first-order valence-corrected chi connectivity index (χ1v) is 13.1. The zero-order valence-corrected chi connectivity index (χ0v) is 23.1. The van der Waals surface area contributed by atoms with E-state index in [1.807, 2.05) is 75.4 Å². The Labute approximate surface area is 217 Å². The molecule has 2 amide bonds. The lowest BCUT2D eigenvalue weighted by atomic mass is 9.99. The topological polar surface area (TPSA) is 70.7 Å². The number of carbonyl (C=O) groups is 2. The molecule has 198 valence electrons. The van der Waals surface area contributed by atoms with Crippen molar-refractivity contribution >= 4 is 11.8 Å². The van der Waals surface area contributed by atoms with Crippen molar-refractivity contribution in [2.24, 2.45) is 5.92 Å². The van der Waals surface area contributed by atoms with E-state index in [1.165, 1.54) is 0 Å². The third-order valence-corrected chi connectivity index (χ3v) is 5.99. The van der Waals surface area contributed by atoms with E-state index in [4.69, 9.17) is 4.74 Å². The van der Waals surface area contributed by atoms with Gasteiger partial charge in [-0.2, -0.15) is 0 Å². The van der Waals surface area contributed by atoms with Gasteiger partial charge in [-0.1, -0.05) is 70.2 Å². The normalized spacial score (nSPS) is 13.4. The monoisotopic (exact) mass is 495 g/mol. The summed E-state index contributed by atoms with van der Waals surface area (Å²) in [6, 6.07) is 16.8. The molecule has 0 saturated carbocycles. The van der Waals surface area contributed by atoms with Gasteiger partial charge in [-0.05, 0) is 69.5 Å². The maximum absolute atomic E-state index is 13.4. The number of nitrogens with one attached hydrogen (secondary N) is 2. The summed E-state index contributed by atoms with van der Waals surface area (Å²) < 4.78 is 5.89. The third-order valence-electron chi connectivity index (χ3n) is 5.99. The van der Waals surface area contributed by atoms with Crippen LogP contribution in [0.3, 0.4) is 0 Å². The van der Waals surface area contributed by atoms with Crippen molar-refractivity contribution in [3.8, 4) is 5.75 Å². The molecule has 0 aromatic heterocycles. The number of ether oxygens (including phenoxy) is 1. The minimum absolute atomic E-state index is 0.0933. The Bertz CT molecular complexity index is 932. The molecule has 2 aromatic carbocycles. The van der Waals surface area contributed by atoms with E-state index >= 15 is 0 Å². The predicted molar refractivity (Wildman–Crippen MR) is 147 cm³/mol. The largest absolute Gasteiger partial charge is 0.489 e. The van der Waals surface area contributed by atoms with Crippen molar-refractivity contribution in [1.29, 1.82) is 0 Å². The lowest BCUT2D eigenvalue weighted by Gasteiger charge is -2.32. The van der Waals surface area contributed by atoms with Crippen LogP contribution >= 0.6 is 0 Å². The van der Waals surface area contributed by atoms with Gasteiger partial charge in [0.25, 0.3) is 0 Å². The average molecular weight is 496 g/mol. The fraction of sp³-hybridized carbons (Fsp3) is 0.533. The number of benzene rings is 2. The number of nitrogens with zero attached hydrogens (tertiary/aromatic N) is 1. The van der Waals surface area contributed by atoms with Crippen LogP contribution in [-0.2, 0) is 22.6 Å². The summed E-state index contributed by atoms with van der Waals surface area (Å²) in [7, 11) is 0. The number of amides is 2. The molecule has 0 fully saturated rings. The zero-order chi connectivity index (χ0) is 26.7. The van der Waals surface area contributed by atoms with Crippen molar-refractivity contribution in [3.63, 3.8) is 0 Å². The highest BCUT2D eigenvalue weighted by molar-refractivity contribution is 5.90. The van der Waals surface area contributed by atoms with Crippen molar-refractivity contribution < 1.29 is 14.3 Å². The fourth-order valence-corrected chi connectivity index (χ4v) is 4.17. The number of hydrogen-bond donors (Lipinski definition) is 2. The van der Waals surface area contributed by atoms with Gasteiger partial charge in [-0.15, -0.1) is 0 Å². The molecule has 6 nitrogen and oxygen atoms in total. The van der Waals surface area contributed by atoms with Crippen LogP contribution in [0.25, 0.3) is 0 Å². The van der Waals surface area contributed by atoms with Gasteiger partial charge >= 0.3 is 0 Å². The Morgan fingerprint density at radius 2 is 1.50 bits per heavy atom. The summed E-state index contributed by atoms with van der Waals surface area (Å²) in [5.74, 6) is 0.861. The molecular weight excluding hydrogens is 450 g/mol. The van der Waals surface area contributed by atoms with Gasteiger partial charge in [0.15, 0.2) is 0 Å². The number of carbonyl (C=O) groups excluding carboxylic acids is 2. The van der Waals surface area contributed by atoms with Gasteiger partial charge < -0.3 is 15.4 Å². The number of hydrogen-bond acceptors (Lipinski definition) is 4. The summed E-state index contributed by atoms with van der Waals surface area (Å²) in [5, 5.41) is 6.12. The average Bonchev–Trinajstić information content (AvgIpc) is 2.82. The van der Waals surface area contributed by atoms with E-state index in [-0.39, 0.29) is 17.9 Å². The molecule has 0 unspecified atom stereocenters. The van der Waals surface area contributed by atoms with Crippen LogP contribution in [0.15, 0.2) is 54.6 Å². The molecular formula is C30H45N3O3. The van der Waals surface area contributed by atoms with Crippen molar-refractivity contribution in [2.45, 2.75) is 85.5 Å². The Kier molecular flexibility index (Phi) is 11.4. The van der Waals surface area contributed by atoms with E-state index in [0.717, 1.165) is 36.4 Å². The van der Waals surface area contributed by atoms with Crippen LogP contribution in [0.1, 0.15) is 66.0 Å². The first kappa shape index (κ1) is 29.4. The molecule has 0 aliphatic heterocycles. The third kappa shape index (κ3) is 10.0. The first-order valence-electron chi connectivity index (χ1n) is 13.1. The Morgan fingerprint density at radius 1 is 0.889 bits per heavy atom. The van der Waals surface area contributed by atoms with E-state index in [1.54, 1.807) is 0 Å². The second kappa shape index (κ2) is 14.0. The molecule has 0 saturated heterocycles. The molecule has 0 heterocycles. The lowest BCUT2D eigenvalue weighted by molar-refractivity contribution is -0.133.